The van der Waals surface area contributed by atoms with Gasteiger partial charge in [-0.3, -0.25) is 9.69 Å². The summed E-state index contributed by atoms with van der Waals surface area (Å²) in [7, 11) is 1.63. The fraction of sp³-hybridized carbons (Fsp3) is 0.412. The van der Waals surface area contributed by atoms with E-state index < -0.39 is 6.04 Å². The number of ether oxygens (including phenoxy) is 2. The Morgan fingerprint density at radius 2 is 2.00 bits per heavy atom. The Morgan fingerprint density at radius 1 is 1.15 bits per heavy atom. The Bertz CT molecular complexity index is 1290. The summed E-state index contributed by atoms with van der Waals surface area (Å²) in [5.41, 5.74) is 6.85. The smallest absolute Gasteiger partial charge is 0.215 e. The highest BCUT2D eigenvalue weighted by Gasteiger charge is 2.41. The molecule has 40 heavy (non-hydrogen) atoms. The van der Waals surface area contributed by atoms with Gasteiger partial charge in [0.2, 0.25) is 6.41 Å². The van der Waals surface area contributed by atoms with Crippen molar-refractivity contribution in [2.24, 2.45) is 0 Å². The first kappa shape index (κ1) is 29.7. The van der Waals surface area contributed by atoms with E-state index in [0.29, 0.717) is 23.8 Å². The highest BCUT2D eigenvalue weighted by molar-refractivity contribution is 8.03. The number of nitrogens with zero attached hydrogens (tertiary/aromatic N) is 1. The Balaban J connectivity index is 1.61. The highest BCUT2D eigenvalue weighted by Crippen LogP contribution is 2.50. The van der Waals surface area contributed by atoms with Gasteiger partial charge in [0.25, 0.3) is 0 Å². The minimum absolute atomic E-state index is 0.245. The van der Waals surface area contributed by atoms with Crippen molar-refractivity contribution >= 4 is 30.5 Å². The molecule has 2 aromatic carbocycles. The van der Waals surface area contributed by atoms with Gasteiger partial charge in [-0.2, -0.15) is 0 Å². The molecule has 2 atom stereocenters. The van der Waals surface area contributed by atoms with Crippen LogP contribution in [0.2, 0.25) is 0 Å². The minimum Gasteiger partial charge on any atom is -0.494 e. The van der Waals surface area contributed by atoms with Crippen LogP contribution in [0.5, 0.6) is 5.75 Å². The summed E-state index contributed by atoms with van der Waals surface area (Å²) in [6.45, 7) is 6.92. The lowest BCUT2D eigenvalue weighted by Crippen LogP contribution is -2.32. The summed E-state index contributed by atoms with van der Waals surface area (Å²) in [5, 5.41) is 0.424. The lowest BCUT2D eigenvalue weighted by molar-refractivity contribution is -0.122. The first-order valence-electron chi connectivity index (χ1n) is 14.4. The second kappa shape index (κ2) is 14.4. The molecule has 1 aliphatic heterocycles. The van der Waals surface area contributed by atoms with Gasteiger partial charge in [0.05, 0.1) is 19.0 Å². The highest BCUT2D eigenvalue weighted by atomic mass is 32.2. The number of amides is 1. The summed E-state index contributed by atoms with van der Waals surface area (Å²) in [6, 6.07) is 11.9. The average molecular weight is 560 g/mol. The predicted molar refractivity (Wildman–Crippen MR) is 164 cm³/mol. The molecule has 6 heteroatoms. The largest absolute Gasteiger partial charge is 0.494 e. The molecule has 0 saturated carbocycles. The number of carbonyl (C=O) groups excluding carboxylic acids is 2. The van der Waals surface area contributed by atoms with Crippen molar-refractivity contribution in [1.82, 2.24) is 4.90 Å². The molecule has 4 rings (SSSR count). The monoisotopic (exact) mass is 559 g/mol. The second-order valence-electron chi connectivity index (χ2n) is 10.4. The van der Waals surface area contributed by atoms with E-state index in [1.165, 1.54) is 52.6 Å². The van der Waals surface area contributed by atoms with Crippen LogP contribution in [0.4, 0.5) is 0 Å². The van der Waals surface area contributed by atoms with Crippen LogP contribution in [0.25, 0.3) is 6.08 Å². The van der Waals surface area contributed by atoms with Crippen molar-refractivity contribution in [2.75, 3.05) is 13.7 Å². The molecule has 1 aliphatic carbocycles. The molecule has 2 aliphatic rings. The van der Waals surface area contributed by atoms with Crippen LogP contribution in [0.1, 0.15) is 79.0 Å². The van der Waals surface area contributed by atoms with Gasteiger partial charge in [-0.05, 0) is 72.6 Å². The van der Waals surface area contributed by atoms with Crippen molar-refractivity contribution in [1.29, 1.82) is 0 Å². The molecule has 1 amide bonds. The van der Waals surface area contributed by atoms with Crippen LogP contribution in [0.15, 0.2) is 64.9 Å². The Labute approximate surface area is 243 Å². The van der Waals surface area contributed by atoms with Crippen LogP contribution < -0.4 is 4.74 Å². The summed E-state index contributed by atoms with van der Waals surface area (Å²) >= 11 is 1.51. The van der Waals surface area contributed by atoms with Gasteiger partial charge in [0, 0.05) is 6.42 Å². The summed E-state index contributed by atoms with van der Waals surface area (Å²) in [4.78, 5) is 26.3. The quantitative estimate of drug-likeness (QED) is 0.143. The first-order valence-corrected chi connectivity index (χ1v) is 15.2. The summed E-state index contributed by atoms with van der Waals surface area (Å²) < 4.78 is 12.0. The Morgan fingerprint density at radius 3 is 2.70 bits per heavy atom. The number of rotatable bonds is 13. The number of aryl methyl sites for hydroxylation is 2. The van der Waals surface area contributed by atoms with Crippen molar-refractivity contribution in [3.8, 4) is 5.75 Å². The predicted octanol–water partition coefficient (Wildman–Crippen LogP) is 7.73. The molecule has 2 aromatic rings. The SMILES string of the molecule is CC=C(Cc1cccc2c1C=CCC2)/C(OC)=C1/SC(c2ccc(OCCCCCC)c(C)c2)C(C=O)N1C=O. The van der Waals surface area contributed by atoms with Gasteiger partial charge in [-0.15, -0.1) is 0 Å². The molecule has 0 spiro atoms. The zero-order chi connectivity index (χ0) is 28.5. The van der Waals surface area contributed by atoms with E-state index in [4.69, 9.17) is 9.47 Å². The van der Waals surface area contributed by atoms with Gasteiger partial charge in [0.15, 0.2) is 5.76 Å². The number of carbonyl (C=O) groups is 2. The van der Waals surface area contributed by atoms with Crippen LogP contribution in [-0.2, 0) is 27.2 Å². The molecule has 0 aromatic heterocycles. The normalized spacial score (nSPS) is 19.8. The lowest BCUT2D eigenvalue weighted by atomic mass is 9.90. The van der Waals surface area contributed by atoms with Crippen molar-refractivity contribution in [3.05, 3.63) is 92.7 Å². The Hall–Kier alpha value is -3.25. The van der Waals surface area contributed by atoms with E-state index in [9.17, 15) is 9.59 Å². The van der Waals surface area contributed by atoms with Crippen molar-refractivity contribution < 1.29 is 19.1 Å². The number of allylic oxidation sites excluding steroid dienone is 3. The van der Waals surface area contributed by atoms with E-state index in [1.54, 1.807) is 7.11 Å². The van der Waals surface area contributed by atoms with Gasteiger partial charge in [0.1, 0.15) is 23.1 Å². The van der Waals surface area contributed by atoms with Gasteiger partial charge < -0.3 is 14.3 Å². The van der Waals surface area contributed by atoms with Crippen molar-refractivity contribution in [2.45, 2.75) is 77.0 Å². The zero-order valence-electron chi connectivity index (χ0n) is 24.2. The number of unbranched alkanes of at least 4 members (excludes halogenated alkanes) is 3. The van der Waals surface area contributed by atoms with E-state index in [1.807, 2.05) is 32.1 Å². The number of benzene rings is 2. The maximum absolute atomic E-state index is 12.4. The fourth-order valence-corrected chi connectivity index (χ4v) is 6.98. The van der Waals surface area contributed by atoms with Crippen LogP contribution in [-0.4, -0.2) is 37.4 Å². The maximum Gasteiger partial charge on any atom is 0.215 e. The third-order valence-electron chi connectivity index (χ3n) is 7.71. The molecule has 212 valence electrons. The minimum atomic E-state index is -0.631. The van der Waals surface area contributed by atoms with Gasteiger partial charge in [-0.1, -0.05) is 86.5 Å². The third kappa shape index (κ3) is 6.55. The third-order valence-corrected chi connectivity index (χ3v) is 9.14. The van der Waals surface area contributed by atoms with E-state index in [2.05, 4.69) is 43.3 Å². The number of thioether (sulfide) groups is 1. The number of aldehydes is 1. The van der Waals surface area contributed by atoms with Crippen LogP contribution >= 0.6 is 11.8 Å². The van der Waals surface area contributed by atoms with Crippen molar-refractivity contribution in [3.63, 3.8) is 0 Å². The molecule has 0 radical (unpaired) electrons. The maximum atomic E-state index is 12.4. The van der Waals surface area contributed by atoms with Gasteiger partial charge in [-0.25, -0.2) is 0 Å². The molecule has 0 N–H and O–H groups in total. The van der Waals surface area contributed by atoms with Gasteiger partial charge >= 0.3 is 0 Å². The molecule has 5 nitrogen and oxygen atoms in total. The topological polar surface area (TPSA) is 55.8 Å². The van der Waals surface area contributed by atoms with E-state index in [-0.39, 0.29) is 5.25 Å². The first-order chi connectivity index (χ1) is 19.6. The van der Waals surface area contributed by atoms with E-state index >= 15 is 0 Å². The lowest BCUT2D eigenvalue weighted by Gasteiger charge is -2.22. The number of methoxy groups -OCH3 is 1. The number of fused-ring (bicyclic) bond motifs is 1. The number of hydrogen-bond acceptors (Lipinski definition) is 5. The van der Waals surface area contributed by atoms with Crippen LogP contribution in [0, 0.1) is 6.92 Å². The summed E-state index contributed by atoms with van der Waals surface area (Å²) in [6.07, 6.45) is 15.5. The van der Waals surface area contributed by atoms with E-state index in [0.717, 1.165) is 54.4 Å². The molecule has 0 bridgehead atoms. The zero-order valence-corrected chi connectivity index (χ0v) is 25.0. The number of hydrogen-bond donors (Lipinski definition) is 0. The molecule has 1 heterocycles. The standard InChI is InChI=1S/C34H41NO4S/c1-5-7-8-11-19-39-31-18-17-28(20-24(31)3)33-30(22-36)35(23-37)34(40-33)32(38-4)25(6-2)21-27-15-12-14-26-13-9-10-16-29(26)27/h6,10,12,14-18,20,22-23,30,33H,5,7-9,11,13,19,21H2,1-4H3/b25-6?,34-32-. The van der Waals surface area contributed by atoms with Crippen LogP contribution in [0.3, 0.4) is 0 Å². The molecule has 2 unspecified atom stereocenters. The summed E-state index contributed by atoms with van der Waals surface area (Å²) in [5.74, 6) is 1.50. The molecular formula is C34H41NO4S. The average Bonchev–Trinajstić information content (AvgIpc) is 3.36. The Kier molecular flexibility index (Phi) is 10.7. The molecule has 1 fully saturated rings. The second-order valence-corrected chi connectivity index (χ2v) is 11.5. The molecular weight excluding hydrogens is 518 g/mol. The molecule has 1 saturated heterocycles. The fourth-order valence-electron chi connectivity index (χ4n) is 5.51.